The van der Waals surface area contributed by atoms with E-state index in [1.54, 1.807) is 0 Å². The molecule has 0 rings (SSSR count). The molecule has 0 aromatic rings. The summed E-state index contributed by atoms with van der Waals surface area (Å²) in [6.45, 7) is 0. The van der Waals surface area contributed by atoms with Gasteiger partial charge in [-0.1, -0.05) is 0 Å². The summed E-state index contributed by atoms with van der Waals surface area (Å²) in [5, 5.41) is 0. The second-order valence-corrected chi connectivity index (χ2v) is 3.01. The quantitative estimate of drug-likeness (QED) is 0.243. The van der Waals surface area contributed by atoms with E-state index < -0.39 is 20.2 Å². The molecule has 0 saturated heterocycles. The van der Waals surface area contributed by atoms with Gasteiger partial charge in [-0.25, -0.2) is 8.42 Å². The van der Waals surface area contributed by atoms with Crippen LogP contribution in [0.4, 0.5) is 0 Å². The molecule has 0 aromatic heterocycles. The van der Waals surface area contributed by atoms with Crippen molar-refractivity contribution in [3.8, 4) is 0 Å². The summed E-state index contributed by atoms with van der Waals surface area (Å²) in [5.74, 6) is 0. The van der Waals surface area contributed by atoms with Crippen LogP contribution in [-0.4, -0.2) is 17.5 Å². The van der Waals surface area contributed by atoms with Crippen LogP contribution < -0.4 is 51.4 Å². The molecule has 7 heavy (non-hydrogen) atoms. The predicted octanol–water partition coefficient (Wildman–Crippen LogP) is -3.54. The molecule has 2 unspecified atom stereocenters. The Balaban J connectivity index is -0.000000125. The van der Waals surface area contributed by atoms with Crippen LogP contribution in [0.2, 0.25) is 0 Å². The third-order valence-electron chi connectivity index (χ3n) is 0.122. The SMILES string of the molecule is O=S(O)S(=O)O.[H-].[K+]. The van der Waals surface area contributed by atoms with Crippen LogP contribution in [0.25, 0.3) is 0 Å². The third kappa shape index (κ3) is 7.86. The minimum Gasteiger partial charge on any atom is -1.00 e. The zero-order valence-corrected chi connectivity index (χ0v) is 8.28. The molecule has 0 aliphatic carbocycles. The van der Waals surface area contributed by atoms with Gasteiger partial charge in [-0.3, -0.25) is 9.11 Å². The van der Waals surface area contributed by atoms with Crippen molar-refractivity contribution < 1.29 is 70.3 Å². The van der Waals surface area contributed by atoms with Gasteiger partial charge >= 0.3 is 51.4 Å². The van der Waals surface area contributed by atoms with Crippen LogP contribution in [0.5, 0.6) is 0 Å². The summed E-state index contributed by atoms with van der Waals surface area (Å²) in [7, 11) is -5.18. The van der Waals surface area contributed by atoms with Crippen molar-refractivity contribution in [2.75, 3.05) is 0 Å². The van der Waals surface area contributed by atoms with Crippen molar-refractivity contribution in [2.45, 2.75) is 0 Å². The van der Waals surface area contributed by atoms with Crippen LogP contribution in [0, 0.1) is 0 Å². The molecule has 7 heteroatoms. The molecule has 2 N–H and O–H groups in total. The molecule has 0 aliphatic heterocycles. The zero-order chi connectivity index (χ0) is 5.15. The molecular weight excluding hydrogens is 167 g/mol. The molecule has 40 valence electrons. The van der Waals surface area contributed by atoms with E-state index in [1.165, 1.54) is 0 Å². The minimum absolute atomic E-state index is 0. The van der Waals surface area contributed by atoms with Crippen LogP contribution >= 0.6 is 0 Å². The van der Waals surface area contributed by atoms with Gasteiger partial charge in [-0.15, -0.1) is 0 Å². The molecule has 0 heterocycles. The summed E-state index contributed by atoms with van der Waals surface area (Å²) in [4.78, 5) is 0. The minimum atomic E-state index is -2.59. The van der Waals surface area contributed by atoms with Gasteiger partial charge in [0.15, 0.2) is 0 Å². The maximum Gasteiger partial charge on any atom is 1.00 e. The van der Waals surface area contributed by atoms with Crippen molar-refractivity contribution in [1.29, 1.82) is 0 Å². The average Bonchev–Trinajstić information content (AvgIpc) is 1.36. The van der Waals surface area contributed by atoms with E-state index in [0.29, 0.717) is 0 Å². The van der Waals surface area contributed by atoms with Crippen molar-refractivity contribution in [2.24, 2.45) is 0 Å². The standard InChI is InChI=1S/K.H2O4S2.H/c;1-5(2)6(3)4;/h;(H,1,2)(H,3,4);/q+1;;-1. The number of hydrogen-bond acceptors (Lipinski definition) is 2. The average molecular weight is 170 g/mol. The van der Waals surface area contributed by atoms with Gasteiger partial charge in [0.1, 0.15) is 0 Å². The first-order chi connectivity index (χ1) is 2.64. The van der Waals surface area contributed by atoms with Gasteiger partial charge in [0.05, 0.1) is 0 Å². The van der Waals surface area contributed by atoms with Crippen molar-refractivity contribution >= 4 is 20.2 Å². The molecule has 0 saturated carbocycles. The molecule has 0 fully saturated rings. The van der Waals surface area contributed by atoms with Gasteiger partial charge in [0.2, 0.25) is 0 Å². The van der Waals surface area contributed by atoms with Crippen LogP contribution in [-0.2, 0) is 20.2 Å². The molecule has 0 aliphatic rings. The molecule has 0 spiro atoms. The maximum absolute atomic E-state index is 9.26. The Morgan fingerprint density at radius 2 is 1.29 bits per heavy atom. The maximum atomic E-state index is 9.26. The predicted molar refractivity (Wildman–Crippen MR) is 22.7 cm³/mol. The Labute approximate surface area is 88.9 Å². The molecule has 2 atom stereocenters. The summed E-state index contributed by atoms with van der Waals surface area (Å²) >= 11 is 0. The second kappa shape index (κ2) is 5.98. The van der Waals surface area contributed by atoms with E-state index >= 15 is 0 Å². The molecule has 0 aromatic carbocycles. The fourth-order valence-corrected chi connectivity index (χ4v) is 0. The van der Waals surface area contributed by atoms with Crippen LogP contribution in [0.3, 0.4) is 0 Å². The van der Waals surface area contributed by atoms with Gasteiger partial charge in [-0.2, -0.15) is 0 Å². The molecule has 4 nitrogen and oxygen atoms in total. The Morgan fingerprint density at radius 1 is 1.14 bits per heavy atom. The summed E-state index contributed by atoms with van der Waals surface area (Å²) in [5.41, 5.74) is 0. The first-order valence-corrected chi connectivity index (χ1v) is 3.60. The monoisotopic (exact) mass is 170 g/mol. The topological polar surface area (TPSA) is 74.6 Å². The van der Waals surface area contributed by atoms with Gasteiger partial charge < -0.3 is 1.43 Å². The van der Waals surface area contributed by atoms with Crippen molar-refractivity contribution in [1.82, 2.24) is 0 Å². The van der Waals surface area contributed by atoms with Gasteiger partial charge in [0.25, 0.3) is 20.2 Å². The Morgan fingerprint density at radius 3 is 1.29 bits per heavy atom. The fourth-order valence-electron chi connectivity index (χ4n) is 0. The molecule has 0 bridgehead atoms. The van der Waals surface area contributed by atoms with Crippen LogP contribution in [0.1, 0.15) is 1.43 Å². The normalized spacial score (nSPS) is 16.9. The molecular formula is H3KO4S2. The number of hydrogen-bond donors (Lipinski definition) is 2. The van der Waals surface area contributed by atoms with Gasteiger partial charge in [0, 0.05) is 0 Å². The molecule has 0 amide bonds. The smallest absolute Gasteiger partial charge is 1.00 e. The van der Waals surface area contributed by atoms with E-state index in [2.05, 4.69) is 0 Å². The van der Waals surface area contributed by atoms with Gasteiger partial charge in [-0.05, 0) is 0 Å². The van der Waals surface area contributed by atoms with E-state index in [-0.39, 0.29) is 52.8 Å². The van der Waals surface area contributed by atoms with E-state index in [9.17, 15) is 8.42 Å². The molecule has 0 radical (unpaired) electrons. The van der Waals surface area contributed by atoms with E-state index in [4.69, 9.17) is 9.11 Å². The fraction of sp³-hybridized carbons (Fsp3) is 0. The van der Waals surface area contributed by atoms with Crippen molar-refractivity contribution in [3.63, 3.8) is 0 Å². The van der Waals surface area contributed by atoms with Crippen LogP contribution in [0.15, 0.2) is 0 Å². The zero-order valence-electron chi connectivity index (χ0n) is 4.53. The number of rotatable bonds is 1. The second-order valence-electron chi connectivity index (χ2n) is 0.434. The third-order valence-corrected chi connectivity index (χ3v) is 1.10. The van der Waals surface area contributed by atoms with E-state index in [0.717, 1.165) is 0 Å². The first-order valence-electron chi connectivity index (χ1n) is 0.865. The summed E-state index contributed by atoms with van der Waals surface area (Å²) < 4.78 is 33.6. The largest absolute Gasteiger partial charge is 1.00 e. The summed E-state index contributed by atoms with van der Waals surface area (Å²) in [6.07, 6.45) is 0. The van der Waals surface area contributed by atoms with E-state index in [1.807, 2.05) is 0 Å². The Kier molecular flexibility index (Phi) is 9.94. The first kappa shape index (κ1) is 11.6. The summed E-state index contributed by atoms with van der Waals surface area (Å²) in [6, 6.07) is 0. The van der Waals surface area contributed by atoms with Crippen molar-refractivity contribution in [3.05, 3.63) is 0 Å². The Bertz CT molecular complexity index is 80.0. The Hall–Kier alpha value is 1.86.